The number of carbonyl (C=O) groups excluding carboxylic acids is 1. The van der Waals surface area contributed by atoms with Crippen molar-refractivity contribution in [3.05, 3.63) is 64.1 Å². The number of amides is 1. The zero-order valence-corrected chi connectivity index (χ0v) is 14.0. The number of carbonyl (C=O) groups is 1. The van der Waals surface area contributed by atoms with Crippen LogP contribution in [0.3, 0.4) is 0 Å². The Morgan fingerprint density at radius 1 is 1.13 bits per heavy atom. The standard InChI is InChI=1S/C17H16BrF2NO2/c1-11(13-4-6-14(18)7-5-13)21-16(22)10-12-2-8-15(9-3-12)23-17(19)20/h2-9,11,17H,10H2,1H3,(H,21,22). The first kappa shape index (κ1) is 17.4. The van der Waals surface area contributed by atoms with Gasteiger partial charge in [0.2, 0.25) is 5.91 Å². The fourth-order valence-electron chi connectivity index (χ4n) is 2.10. The lowest BCUT2D eigenvalue weighted by atomic mass is 10.1. The van der Waals surface area contributed by atoms with Gasteiger partial charge in [-0.1, -0.05) is 40.2 Å². The van der Waals surface area contributed by atoms with Crippen molar-refractivity contribution in [2.24, 2.45) is 0 Å². The summed E-state index contributed by atoms with van der Waals surface area (Å²) in [5, 5.41) is 2.91. The Hall–Kier alpha value is -1.95. The van der Waals surface area contributed by atoms with Crippen molar-refractivity contribution in [2.45, 2.75) is 26.0 Å². The Balaban J connectivity index is 1.90. The fourth-order valence-corrected chi connectivity index (χ4v) is 2.37. The molecule has 0 saturated heterocycles. The second-order valence-corrected chi connectivity index (χ2v) is 5.96. The number of halogens is 3. The van der Waals surface area contributed by atoms with Crippen molar-refractivity contribution in [1.82, 2.24) is 5.32 Å². The number of hydrogen-bond donors (Lipinski definition) is 1. The first-order chi connectivity index (χ1) is 10.9. The van der Waals surface area contributed by atoms with Crippen molar-refractivity contribution in [1.29, 1.82) is 0 Å². The van der Waals surface area contributed by atoms with Crippen LogP contribution < -0.4 is 10.1 Å². The van der Waals surface area contributed by atoms with Crippen molar-refractivity contribution in [3.63, 3.8) is 0 Å². The summed E-state index contributed by atoms with van der Waals surface area (Å²) in [7, 11) is 0. The molecular weight excluding hydrogens is 368 g/mol. The molecule has 0 aliphatic heterocycles. The minimum absolute atomic E-state index is 0.0763. The van der Waals surface area contributed by atoms with E-state index in [1.807, 2.05) is 31.2 Å². The Bertz CT molecular complexity index is 645. The third-order valence-electron chi connectivity index (χ3n) is 3.26. The highest BCUT2D eigenvalue weighted by Gasteiger charge is 2.11. The molecule has 1 amide bonds. The average molecular weight is 384 g/mol. The number of nitrogens with one attached hydrogen (secondary N) is 1. The van der Waals surface area contributed by atoms with E-state index in [0.29, 0.717) is 0 Å². The normalized spacial score (nSPS) is 12.0. The third kappa shape index (κ3) is 5.63. The van der Waals surface area contributed by atoms with E-state index in [1.54, 1.807) is 12.1 Å². The largest absolute Gasteiger partial charge is 0.435 e. The van der Waals surface area contributed by atoms with E-state index in [0.717, 1.165) is 15.6 Å². The molecule has 0 aliphatic rings. The van der Waals surface area contributed by atoms with E-state index < -0.39 is 6.61 Å². The highest BCUT2D eigenvalue weighted by molar-refractivity contribution is 9.10. The van der Waals surface area contributed by atoms with E-state index in [1.165, 1.54) is 12.1 Å². The molecule has 1 N–H and O–H groups in total. The van der Waals surface area contributed by atoms with Crippen molar-refractivity contribution in [3.8, 4) is 5.75 Å². The van der Waals surface area contributed by atoms with E-state index in [2.05, 4.69) is 26.0 Å². The summed E-state index contributed by atoms with van der Waals surface area (Å²) < 4.78 is 29.4. The minimum Gasteiger partial charge on any atom is -0.435 e. The van der Waals surface area contributed by atoms with Crippen molar-refractivity contribution < 1.29 is 18.3 Å². The van der Waals surface area contributed by atoms with Gasteiger partial charge >= 0.3 is 6.61 Å². The summed E-state index contributed by atoms with van der Waals surface area (Å²) in [4.78, 5) is 12.1. The van der Waals surface area contributed by atoms with Crippen molar-refractivity contribution in [2.75, 3.05) is 0 Å². The summed E-state index contributed by atoms with van der Waals surface area (Å²) in [5.41, 5.74) is 1.73. The summed E-state index contributed by atoms with van der Waals surface area (Å²) in [6, 6.07) is 13.6. The average Bonchev–Trinajstić information content (AvgIpc) is 2.49. The highest BCUT2D eigenvalue weighted by Crippen LogP contribution is 2.18. The number of benzene rings is 2. The predicted molar refractivity (Wildman–Crippen MR) is 87.5 cm³/mol. The van der Waals surface area contributed by atoms with Crippen molar-refractivity contribution >= 4 is 21.8 Å². The lowest BCUT2D eigenvalue weighted by Gasteiger charge is -2.14. The second-order valence-electron chi connectivity index (χ2n) is 5.04. The van der Waals surface area contributed by atoms with E-state index in [9.17, 15) is 13.6 Å². The topological polar surface area (TPSA) is 38.3 Å². The van der Waals surface area contributed by atoms with Gasteiger partial charge in [-0.25, -0.2) is 0 Å². The summed E-state index contributed by atoms with van der Waals surface area (Å²) in [6.45, 7) is -0.948. The zero-order chi connectivity index (χ0) is 16.8. The first-order valence-electron chi connectivity index (χ1n) is 7.02. The lowest BCUT2D eigenvalue weighted by molar-refractivity contribution is -0.121. The van der Waals surface area contributed by atoms with Gasteiger partial charge in [-0.15, -0.1) is 0 Å². The Morgan fingerprint density at radius 3 is 2.30 bits per heavy atom. The molecule has 0 saturated carbocycles. The molecule has 122 valence electrons. The van der Waals surface area contributed by atoms with Gasteiger partial charge in [0, 0.05) is 4.47 Å². The van der Waals surface area contributed by atoms with Gasteiger partial charge in [-0.2, -0.15) is 8.78 Å². The molecule has 23 heavy (non-hydrogen) atoms. The van der Waals surface area contributed by atoms with Crippen LogP contribution in [0.5, 0.6) is 5.75 Å². The maximum Gasteiger partial charge on any atom is 0.387 e. The molecule has 2 rings (SSSR count). The molecule has 2 aromatic rings. The van der Waals surface area contributed by atoms with Gasteiger partial charge in [0.1, 0.15) is 5.75 Å². The van der Waals surface area contributed by atoms with E-state index >= 15 is 0 Å². The first-order valence-corrected chi connectivity index (χ1v) is 7.82. The monoisotopic (exact) mass is 383 g/mol. The smallest absolute Gasteiger partial charge is 0.387 e. The summed E-state index contributed by atoms with van der Waals surface area (Å²) in [6.07, 6.45) is 0.176. The molecule has 0 aromatic heterocycles. The number of ether oxygens (including phenoxy) is 1. The Morgan fingerprint density at radius 2 is 1.74 bits per heavy atom. The van der Waals surface area contributed by atoms with Crippen LogP contribution in [0, 0.1) is 0 Å². The van der Waals surface area contributed by atoms with Crippen LogP contribution in [-0.4, -0.2) is 12.5 Å². The Kier molecular flexibility index (Phi) is 6.10. The van der Waals surface area contributed by atoms with E-state index in [-0.39, 0.29) is 24.1 Å². The number of rotatable bonds is 6. The molecular formula is C17H16BrF2NO2. The number of hydrogen-bond acceptors (Lipinski definition) is 2. The van der Waals surface area contributed by atoms with E-state index in [4.69, 9.17) is 0 Å². The third-order valence-corrected chi connectivity index (χ3v) is 3.79. The van der Waals surface area contributed by atoms with Crippen LogP contribution in [0.2, 0.25) is 0 Å². The van der Waals surface area contributed by atoms with Gasteiger partial charge in [0.05, 0.1) is 12.5 Å². The summed E-state index contributed by atoms with van der Waals surface area (Å²) >= 11 is 3.37. The highest BCUT2D eigenvalue weighted by atomic mass is 79.9. The molecule has 0 fully saturated rings. The predicted octanol–water partition coefficient (Wildman–Crippen LogP) is 4.47. The molecule has 1 unspecified atom stereocenters. The molecule has 0 bridgehead atoms. The molecule has 0 spiro atoms. The fraction of sp³-hybridized carbons (Fsp3) is 0.235. The molecule has 0 aliphatic carbocycles. The summed E-state index contributed by atoms with van der Waals surface area (Å²) in [5.74, 6) is -0.0599. The van der Waals surface area contributed by atoms with Gasteiger partial charge in [0.25, 0.3) is 0 Å². The van der Waals surface area contributed by atoms with Crippen LogP contribution in [0.4, 0.5) is 8.78 Å². The SMILES string of the molecule is CC(NC(=O)Cc1ccc(OC(F)F)cc1)c1ccc(Br)cc1. The number of alkyl halides is 2. The van der Waals surface area contributed by atoms with Crippen LogP contribution in [0.1, 0.15) is 24.1 Å². The molecule has 2 aromatic carbocycles. The molecule has 3 nitrogen and oxygen atoms in total. The van der Waals surface area contributed by atoms with Crippen LogP contribution >= 0.6 is 15.9 Å². The maximum atomic E-state index is 12.1. The molecule has 1 atom stereocenters. The maximum absolute atomic E-state index is 12.1. The van der Waals surface area contributed by atoms with Gasteiger partial charge in [0.15, 0.2) is 0 Å². The second kappa shape index (κ2) is 8.06. The van der Waals surface area contributed by atoms with Crippen LogP contribution in [-0.2, 0) is 11.2 Å². The van der Waals surface area contributed by atoms with Crippen LogP contribution in [0.15, 0.2) is 53.0 Å². The zero-order valence-electron chi connectivity index (χ0n) is 12.4. The minimum atomic E-state index is -2.85. The van der Waals surface area contributed by atoms with Gasteiger partial charge in [-0.3, -0.25) is 4.79 Å². The quantitative estimate of drug-likeness (QED) is 0.798. The molecule has 0 heterocycles. The van der Waals surface area contributed by atoms with Gasteiger partial charge in [-0.05, 0) is 42.3 Å². The molecule has 0 radical (unpaired) electrons. The van der Waals surface area contributed by atoms with Crippen LogP contribution in [0.25, 0.3) is 0 Å². The lowest BCUT2D eigenvalue weighted by Crippen LogP contribution is -2.28. The molecule has 6 heteroatoms. The Labute approximate surface area is 141 Å². The van der Waals surface area contributed by atoms with Gasteiger partial charge < -0.3 is 10.1 Å².